The molecule has 1 amide bonds. The van der Waals surface area contributed by atoms with Crippen molar-refractivity contribution in [1.29, 1.82) is 0 Å². The molecule has 0 aliphatic heterocycles. The number of carbonyl (C=O) groups is 2. The molecule has 1 fully saturated rings. The fourth-order valence-electron chi connectivity index (χ4n) is 2.22. The van der Waals surface area contributed by atoms with E-state index in [0.29, 0.717) is 32.2 Å². The highest BCUT2D eigenvalue weighted by Crippen LogP contribution is 2.28. The van der Waals surface area contributed by atoms with Crippen molar-refractivity contribution in [1.82, 2.24) is 10.6 Å². The van der Waals surface area contributed by atoms with Crippen LogP contribution in [-0.2, 0) is 9.59 Å². The van der Waals surface area contributed by atoms with Crippen LogP contribution in [0, 0.1) is 11.8 Å². The zero-order valence-corrected chi connectivity index (χ0v) is 10.4. The summed E-state index contributed by atoms with van der Waals surface area (Å²) in [6, 6.07) is 0. The van der Waals surface area contributed by atoms with Gasteiger partial charge in [-0.2, -0.15) is 0 Å². The molecule has 1 rings (SSSR count). The number of hydrogen-bond donors (Lipinski definition) is 3. The maximum absolute atomic E-state index is 11.8. The number of rotatable bonds is 6. The molecular formula is C12H22N2O3. The van der Waals surface area contributed by atoms with Gasteiger partial charge in [-0.3, -0.25) is 9.59 Å². The summed E-state index contributed by atoms with van der Waals surface area (Å²) in [6.07, 6.45) is 3.59. The summed E-state index contributed by atoms with van der Waals surface area (Å²) in [5.74, 6) is -0.869. The minimum absolute atomic E-state index is 0.0141. The first-order valence-corrected chi connectivity index (χ1v) is 6.30. The van der Waals surface area contributed by atoms with Gasteiger partial charge in [0.15, 0.2) is 0 Å². The van der Waals surface area contributed by atoms with Crippen LogP contribution in [0.1, 0.15) is 32.1 Å². The molecule has 17 heavy (non-hydrogen) atoms. The first kappa shape index (κ1) is 14.0. The lowest BCUT2D eigenvalue weighted by atomic mass is 9.81. The molecule has 0 bridgehead atoms. The van der Waals surface area contributed by atoms with Crippen molar-refractivity contribution < 1.29 is 14.7 Å². The second kappa shape index (κ2) is 7.27. The van der Waals surface area contributed by atoms with Crippen molar-refractivity contribution in [2.75, 3.05) is 20.1 Å². The maximum Gasteiger partial charge on any atom is 0.306 e. The molecule has 0 aromatic heterocycles. The summed E-state index contributed by atoms with van der Waals surface area (Å²) >= 11 is 0. The van der Waals surface area contributed by atoms with Gasteiger partial charge in [0.2, 0.25) is 5.91 Å². The van der Waals surface area contributed by atoms with Crippen LogP contribution >= 0.6 is 0 Å². The van der Waals surface area contributed by atoms with E-state index < -0.39 is 5.97 Å². The number of carboxylic acids is 1. The Morgan fingerprint density at radius 2 is 1.71 bits per heavy atom. The molecule has 1 aliphatic carbocycles. The quantitative estimate of drug-likeness (QED) is 0.596. The maximum atomic E-state index is 11.8. The molecular weight excluding hydrogens is 220 g/mol. The van der Waals surface area contributed by atoms with Crippen LogP contribution in [0.5, 0.6) is 0 Å². The van der Waals surface area contributed by atoms with E-state index in [1.165, 1.54) is 0 Å². The Hall–Kier alpha value is -1.10. The zero-order valence-electron chi connectivity index (χ0n) is 10.4. The Labute approximate surface area is 102 Å². The molecule has 5 nitrogen and oxygen atoms in total. The highest BCUT2D eigenvalue weighted by molar-refractivity contribution is 5.79. The van der Waals surface area contributed by atoms with Crippen LogP contribution < -0.4 is 10.6 Å². The van der Waals surface area contributed by atoms with E-state index in [2.05, 4.69) is 10.6 Å². The fraction of sp³-hybridized carbons (Fsp3) is 0.833. The number of hydrogen-bond acceptors (Lipinski definition) is 3. The average Bonchev–Trinajstić information content (AvgIpc) is 2.34. The Morgan fingerprint density at radius 3 is 2.24 bits per heavy atom. The van der Waals surface area contributed by atoms with Gasteiger partial charge in [-0.15, -0.1) is 0 Å². The van der Waals surface area contributed by atoms with Crippen molar-refractivity contribution in [3.63, 3.8) is 0 Å². The zero-order chi connectivity index (χ0) is 12.7. The summed E-state index contributed by atoms with van der Waals surface area (Å²) in [7, 11) is 1.88. The molecule has 0 aromatic carbocycles. The number of amides is 1. The minimum Gasteiger partial charge on any atom is -0.481 e. The summed E-state index contributed by atoms with van der Waals surface area (Å²) < 4.78 is 0. The lowest BCUT2D eigenvalue weighted by Crippen LogP contribution is -2.35. The van der Waals surface area contributed by atoms with Crippen molar-refractivity contribution in [3.05, 3.63) is 0 Å². The molecule has 5 heteroatoms. The van der Waals surface area contributed by atoms with Gasteiger partial charge in [-0.25, -0.2) is 0 Å². The number of nitrogens with one attached hydrogen (secondary N) is 2. The van der Waals surface area contributed by atoms with E-state index in [1.54, 1.807) is 0 Å². The smallest absolute Gasteiger partial charge is 0.306 e. The molecule has 0 aromatic rings. The minimum atomic E-state index is -0.724. The third-order valence-electron chi connectivity index (χ3n) is 3.35. The average molecular weight is 242 g/mol. The van der Waals surface area contributed by atoms with Gasteiger partial charge in [-0.05, 0) is 45.7 Å². The molecule has 0 saturated heterocycles. The van der Waals surface area contributed by atoms with Crippen LogP contribution in [0.15, 0.2) is 0 Å². The topological polar surface area (TPSA) is 78.4 Å². The van der Waals surface area contributed by atoms with Gasteiger partial charge in [0.25, 0.3) is 0 Å². The first-order chi connectivity index (χ1) is 8.15. The van der Waals surface area contributed by atoms with E-state index in [9.17, 15) is 9.59 Å². The van der Waals surface area contributed by atoms with E-state index >= 15 is 0 Å². The molecule has 0 spiro atoms. The van der Waals surface area contributed by atoms with Gasteiger partial charge in [-0.1, -0.05) is 0 Å². The Morgan fingerprint density at radius 1 is 1.12 bits per heavy atom. The van der Waals surface area contributed by atoms with Crippen LogP contribution in [-0.4, -0.2) is 37.1 Å². The van der Waals surface area contributed by atoms with Gasteiger partial charge in [0, 0.05) is 12.5 Å². The van der Waals surface area contributed by atoms with Gasteiger partial charge < -0.3 is 15.7 Å². The Balaban J connectivity index is 2.19. The summed E-state index contributed by atoms with van der Waals surface area (Å²) in [6.45, 7) is 1.59. The number of aliphatic carboxylic acids is 1. The normalized spacial score (nSPS) is 24.3. The lowest BCUT2D eigenvalue weighted by Gasteiger charge is -2.25. The second-order valence-corrected chi connectivity index (χ2v) is 4.63. The second-order valence-electron chi connectivity index (χ2n) is 4.63. The van der Waals surface area contributed by atoms with Crippen LogP contribution in [0.3, 0.4) is 0 Å². The van der Waals surface area contributed by atoms with Crippen LogP contribution in [0.25, 0.3) is 0 Å². The third-order valence-corrected chi connectivity index (χ3v) is 3.35. The fourth-order valence-corrected chi connectivity index (χ4v) is 2.22. The van der Waals surface area contributed by atoms with Gasteiger partial charge >= 0.3 is 5.97 Å². The summed E-state index contributed by atoms with van der Waals surface area (Å²) in [4.78, 5) is 22.5. The highest BCUT2D eigenvalue weighted by atomic mass is 16.4. The first-order valence-electron chi connectivity index (χ1n) is 6.30. The predicted octanol–water partition coefficient (Wildman–Crippen LogP) is 0.603. The van der Waals surface area contributed by atoms with Crippen molar-refractivity contribution in [2.45, 2.75) is 32.1 Å². The SMILES string of the molecule is CNCCCNC(=O)C1CCC(C(=O)O)CC1. The van der Waals surface area contributed by atoms with Crippen LogP contribution in [0.2, 0.25) is 0 Å². The summed E-state index contributed by atoms with van der Waals surface area (Å²) in [5, 5.41) is 14.8. The number of carboxylic acid groups (broad SMARTS) is 1. The van der Waals surface area contributed by atoms with Crippen molar-refractivity contribution in [2.24, 2.45) is 11.8 Å². The van der Waals surface area contributed by atoms with E-state index in [0.717, 1.165) is 13.0 Å². The molecule has 3 N–H and O–H groups in total. The molecule has 1 aliphatic rings. The standard InChI is InChI=1S/C12H22N2O3/c1-13-7-2-8-14-11(15)9-3-5-10(6-4-9)12(16)17/h9-10,13H,2-8H2,1H3,(H,14,15)(H,16,17). The van der Waals surface area contributed by atoms with E-state index in [1.807, 2.05) is 7.05 Å². The van der Waals surface area contributed by atoms with E-state index in [-0.39, 0.29) is 17.7 Å². The van der Waals surface area contributed by atoms with Crippen molar-refractivity contribution >= 4 is 11.9 Å². The van der Waals surface area contributed by atoms with Crippen molar-refractivity contribution in [3.8, 4) is 0 Å². The third kappa shape index (κ3) is 4.73. The Kier molecular flexibility index (Phi) is 5.97. The summed E-state index contributed by atoms with van der Waals surface area (Å²) in [5.41, 5.74) is 0. The molecule has 1 saturated carbocycles. The number of carbonyl (C=O) groups excluding carboxylic acids is 1. The Bertz CT molecular complexity index is 260. The molecule has 0 atom stereocenters. The van der Waals surface area contributed by atoms with E-state index in [4.69, 9.17) is 5.11 Å². The molecule has 0 unspecified atom stereocenters. The molecule has 0 heterocycles. The predicted molar refractivity (Wildman–Crippen MR) is 64.6 cm³/mol. The largest absolute Gasteiger partial charge is 0.481 e. The van der Waals surface area contributed by atoms with Gasteiger partial charge in [0.05, 0.1) is 5.92 Å². The van der Waals surface area contributed by atoms with Gasteiger partial charge in [0.1, 0.15) is 0 Å². The molecule has 0 radical (unpaired) electrons. The highest BCUT2D eigenvalue weighted by Gasteiger charge is 2.29. The lowest BCUT2D eigenvalue weighted by molar-refractivity contribution is -0.144. The molecule has 98 valence electrons. The van der Waals surface area contributed by atoms with Crippen LogP contribution in [0.4, 0.5) is 0 Å². The monoisotopic (exact) mass is 242 g/mol.